The third-order valence-corrected chi connectivity index (χ3v) is 7.04. The maximum atomic E-state index is 12.9. The van der Waals surface area contributed by atoms with Crippen LogP contribution in [-0.2, 0) is 38.1 Å². The molecule has 0 aliphatic carbocycles. The van der Waals surface area contributed by atoms with E-state index in [2.05, 4.69) is 62.3 Å². The highest BCUT2D eigenvalue weighted by molar-refractivity contribution is 5.72. The van der Waals surface area contributed by atoms with E-state index in [1.54, 1.807) is 13.8 Å². The van der Waals surface area contributed by atoms with E-state index in [1.807, 2.05) is 20.8 Å². The minimum atomic E-state index is -1.25. The van der Waals surface area contributed by atoms with E-state index in [9.17, 15) is 19.2 Å². The molecular weight excluding hydrogens is 560 g/mol. The molecule has 0 spiro atoms. The monoisotopic (exact) mass is 626 g/mol. The molecule has 0 amide bonds. The molecular formula is C36H66O8. The predicted octanol–water partition coefficient (Wildman–Crippen LogP) is 8.19. The molecule has 258 valence electrons. The Morgan fingerprint density at radius 3 is 0.932 bits per heavy atom. The Hall–Kier alpha value is -2.12. The smallest absolute Gasteiger partial charge is 0.308 e. The van der Waals surface area contributed by atoms with Gasteiger partial charge < -0.3 is 18.9 Å². The van der Waals surface area contributed by atoms with Gasteiger partial charge in [-0.2, -0.15) is 0 Å². The lowest BCUT2D eigenvalue weighted by molar-refractivity contribution is -0.172. The van der Waals surface area contributed by atoms with Gasteiger partial charge in [-0.25, -0.2) is 0 Å². The molecule has 3 unspecified atom stereocenters. The summed E-state index contributed by atoms with van der Waals surface area (Å²) in [5.74, 6) is -1.77. The van der Waals surface area contributed by atoms with Crippen LogP contribution in [0.2, 0.25) is 0 Å². The van der Waals surface area contributed by atoms with Crippen molar-refractivity contribution in [3.05, 3.63) is 0 Å². The summed E-state index contributed by atoms with van der Waals surface area (Å²) < 4.78 is 22.8. The SMILES string of the molecule is CC(CC(=O)OCC(COC(=O)CC(C)CC(C)(C)C)(COC(=O)CC(C)CC(C)(C)C)COC(=O)C(C)C)CC(C)(C)C. The molecule has 0 aromatic carbocycles. The van der Waals surface area contributed by atoms with E-state index in [0.29, 0.717) is 0 Å². The number of esters is 4. The molecule has 0 heterocycles. The van der Waals surface area contributed by atoms with E-state index in [-0.39, 0.29) is 79.7 Å². The highest BCUT2D eigenvalue weighted by Gasteiger charge is 2.39. The Labute approximate surface area is 269 Å². The maximum Gasteiger partial charge on any atom is 0.308 e. The highest BCUT2D eigenvalue weighted by Crippen LogP contribution is 2.30. The average Bonchev–Trinajstić information content (AvgIpc) is 2.78. The molecule has 44 heavy (non-hydrogen) atoms. The van der Waals surface area contributed by atoms with Crippen LogP contribution in [0.15, 0.2) is 0 Å². The van der Waals surface area contributed by atoms with Crippen LogP contribution in [0.1, 0.15) is 135 Å². The van der Waals surface area contributed by atoms with Crippen LogP contribution in [0, 0.1) is 45.3 Å². The Kier molecular flexibility index (Phi) is 17.3. The molecule has 0 fully saturated rings. The Balaban J connectivity index is 5.94. The molecule has 0 saturated heterocycles. The van der Waals surface area contributed by atoms with Crippen LogP contribution in [0.4, 0.5) is 0 Å². The number of carbonyl (C=O) groups is 4. The van der Waals surface area contributed by atoms with Gasteiger partial charge >= 0.3 is 23.9 Å². The first-order valence-electron chi connectivity index (χ1n) is 16.4. The molecule has 0 aliphatic heterocycles. The molecule has 0 saturated carbocycles. The second-order valence-electron chi connectivity index (χ2n) is 17.5. The second-order valence-corrected chi connectivity index (χ2v) is 17.5. The molecule has 8 nitrogen and oxygen atoms in total. The standard InChI is InChI=1S/C36H66O8/c1-25(2)32(40)44-24-36(21-41-29(37)15-26(3)18-33(6,7)8,22-42-30(38)16-27(4)19-34(9,10)11)23-43-31(39)17-28(5)20-35(12,13)14/h25-28H,15-24H2,1-14H3. The summed E-state index contributed by atoms with van der Waals surface area (Å²) in [6.45, 7) is 27.6. The maximum absolute atomic E-state index is 12.9. The quantitative estimate of drug-likeness (QED) is 0.111. The van der Waals surface area contributed by atoms with Gasteiger partial charge in [0.1, 0.15) is 31.8 Å². The van der Waals surface area contributed by atoms with Crippen molar-refractivity contribution in [2.45, 2.75) is 135 Å². The van der Waals surface area contributed by atoms with Gasteiger partial charge in [-0.1, -0.05) is 96.9 Å². The zero-order valence-electron chi connectivity index (χ0n) is 30.6. The van der Waals surface area contributed by atoms with Crippen LogP contribution < -0.4 is 0 Å². The van der Waals surface area contributed by atoms with Gasteiger partial charge in [0.2, 0.25) is 0 Å². The molecule has 8 heteroatoms. The van der Waals surface area contributed by atoms with Gasteiger partial charge in [-0.15, -0.1) is 0 Å². The van der Waals surface area contributed by atoms with Crippen molar-refractivity contribution >= 4 is 23.9 Å². The topological polar surface area (TPSA) is 105 Å². The first-order chi connectivity index (χ1) is 19.8. The lowest BCUT2D eigenvalue weighted by Gasteiger charge is -2.32. The summed E-state index contributed by atoms with van der Waals surface area (Å²) in [6.07, 6.45) is 3.17. The minimum Gasteiger partial charge on any atom is -0.465 e. The zero-order chi connectivity index (χ0) is 34.5. The van der Waals surface area contributed by atoms with Gasteiger partial charge in [-0.3, -0.25) is 19.2 Å². The fourth-order valence-electron chi connectivity index (χ4n) is 5.72. The lowest BCUT2D eigenvalue weighted by Crippen LogP contribution is -2.44. The Bertz CT molecular complexity index is 803. The van der Waals surface area contributed by atoms with Crippen LogP contribution in [-0.4, -0.2) is 50.3 Å². The van der Waals surface area contributed by atoms with Crippen molar-refractivity contribution in [3.63, 3.8) is 0 Å². The van der Waals surface area contributed by atoms with E-state index in [0.717, 1.165) is 19.3 Å². The molecule has 0 aliphatic rings. The molecule has 3 atom stereocenters. The van der Waals surface area contributed by atoms with Gasteiger partial charge in [0.25, 0.3) is 0 Å². The molecule has 0 N–H and O–H groups in total. The van der Waals surface area contributed by atoms with Gasteiger partial charge in [0, 0.05) is 19.3 Å². The number of rotatable bonds is 18. The molecule has 0 rings (SSSR count). The Morgan fingerprint density at radius 1 is 0.455 bits per heavy atom. The van der Waals surface area contributed by atoms with Crippen molar-refractivity contribution in [3.8, 4) is 0 Å². The van der Waals surface area contributed by atoms with E-state index in [1.165, 1.54) is 0 Å². The van der Waals surface area contributed by atoms with Crippen LogP contribution in [0.25, 0.3) is 0 Å². The number of ether oxygens (including phenoxy) is 4. The number of carbonyl (C=O) groups excluding carboxylic acids is 4. The molecule has 0 aromatic heterocycles. The third-order valence-electron chi connectivity index (χ3n) is 7.04. The molecule has 0 bridgehead atoms. The summed E-state index contributed by atoms with van der Waals surface area (Å²) in [4.78, 5) is 51.3. The number of hydrogen-bond acceptors (Lipinski definition) is 8. The molecule has 0 radical (unpaired) electrons. The van der Waals surface area contributed by atoms with Crippen molar-refractivity contribution in [1.82, 2.24) is 0 Å². The van der Waals surface area contributed by atoms with Gasteiger partial charge in [-0.05, 0) is 53.3 Å². The van der Waals surface area contributed by atoms with Crippen LogP contribution in [0.3, 0.4) is 0 Å². The third kappa shape index (κ3) is 21.6. The van der Waals surface area contributed by atoms with Crippen molar-refractivity contribution < 1.29 is 38.1 Å². The van der Waals surface area contributed by atoms with E-state index in [4.69, 9.17) is 18.9 Å². The summed E-state index contributed by atoms with van der Waals surface area (Å²) in [5.41, 5.74) is -1.07. The largest absolute Gasteiger partial charge is 0.465 e. The first kappa shape index (κ1) is 41.9. The second kappa shape index (κ2) is 18.1. The van der Waals surface area contributed by atoms with E-state index >= 15 is 0 Å². The Morgan fingerprint density at radius 2 is 0.705 bits per heavy atom. The molecule has 0 aromatic rings. The number of hydrogen-bond donors (Lipinski definition) is 0. The minimum absolute atomic E-state index is 0.0607. The normalized spacial score (nSPS) is 16.0. The van der Waals surface area contributed by atoms with Crippen LogP contribution >= 0.6 is 0 Å². The van der Waals surface area contributed by atoms with Gasteiger partial charge in [0.15, 0.2) is 0 Å². The first-order valence-corrected chi connectivity index (χ1v) is 16.4. The fourth-order valence-corrected chi connectivity index (χ4v) is 5.72. The summed E-state index contributed by atoms with van der Waals surface area (Å²) in [7, 11) is 0. The highest BCUT2D eigenvalue weighted by atomic mass is 16.6. The average molecular weight is 627 g/mol. The summed E-state index contributed by atoms with van der Waals surface area (Å²) in [5, 5.41) is 0. The van der Waals surface area contributed by atoms with Crippen molar-refractivity contribution in [2.24, 2.45) is 45.3 Å². The van der Waals surface area contributed by atoms with E-state index < -0.39 is 35.2 Å². The summed E-state index contributed by atoms with van der Waals surface area (Å²) >= 11 is 0. The zero-order valence-corrected chi connectivity index (χ0v) is 30.6. The fraction of sp³-hybridized carbons (Fsp3) is 0.889. The van der Waals surface area contributed by atoms with Crippen LogP contribution in [0.5, 0.6) is 0 Å². The lowest BCUT2D eigenvalue weighted by atomic mass is 9.84. The summed E-state index contributed by atoms with van der Waals surface area (Å²) in [6, 6.07) is 0. The van der Waals surface area contributed by atoms with Crippen molar-refractivity contribution in [2.75, 3.05) is 26.4 Å². The van der Waals surface area contributed by atoms with Crippen molar-refractivity contribution in [1.29, 1.82) is 0 Å². The van der Waals surface area contributed by atoms with Gasteiger partial charge in [0.05, 0.1) is 5.92 Å². The predicted molar refractivity (Wildman–Crippen MR) is 175 cm³/mol.